The van der Waals surface area contributed by atoms with Crippen molar-refractivity contribution in [2.75, 3.05) is 5.32 Å². The second-order valence-electron chi connectivity index (χ2n) is 6.21. The topological polar surface area (TPSA) is 38.3 Å². The Bertz CT molecular complexity index is 958. The molecule has 3 nitrogen and oxygen atoms in total. The van der Waals surface area contributed by atoms with E-state index in [1.165, 1.54) is 22.5 Å². The van der Waals surface area contributed by atoms with Crippen LogP contribution in [0, 0.1) is 6.92 Å². The maximum atomic E-state index is 12.7. The molecule has 0 fully saturated rings. The summed E-state index contributed by atoms with van der Waals surface area (Å²) in [6, 6.07) is 16.0. The normalized spacial score (nSPS) is 12.1. The molecule has 0 unspecified atom stereocenters. The first kappa shape index (κ1) is 15.9. The lowest BCUT2D eigenvalue weighted by molar-refractivity contribution is 0.103. The number of benzene rings is 2. The third kappa shape index (κ3) is 2.94. The average Bonchev–Trinajstić information content (AvgIpc) is 3.06. The molecule has 0 aliphatic carbocycles. The lowest BCUT2D eigenvalue weighted by Gasteiger charge is -2.19. The van der Waals surface area contributed by atoms with Gasteiger partial charge < -0.3 is 10.1 Å². The molecule has 0 spiro atoms. The van der Waals surface area contributed by atoms with E-state index in [-0.39, 0.29) is 5.91 Å². The van der Waals surface area contributed by atoms with Crippen LogP contribution in [0.15, 0.2) is 48.5 Å². The molecule has 25 heavy (non-hydrogen) atoms. The number of amides is 1. The van der Waals surface area contributed by atoms with Crippen molar-refractivity contribution >= 4 is 22.9 Å². The minimum absolute atomic E-state index is 0.0669. The van der Waals surface area contributed by atoms with E-state index in [0.717, 1.165) is 33.9 Å². The molecule has 2 aromatic carbocycles. The molecule has 1 aliphatic heterocycles. The van der Waals surface area contributed by atoms with Crippen molar-refractivity contribution in [2.24, 2.45) is 0 Å². The van der Waals surface area contributed by atoms with Gasteiger partial charge in [0.05, 0.1) is 4.88 Å². The van der Waals surface area contributed by atoms with Crippen LogP contribution in [0.3, 0.4) is 0 Å². The van der Waals surface area contributed by atoms with E-state index in [4.69, 9.17) is 4.74 Å². The lowest BCUT2D eigenvalue weighted by atomic mass is 10.0. The number of carbonyl (C=O) groups excluding carboxylic acids is 1. The molecule has 0 bridgehead atoms. The van der Waals surface area contributed by atoms with Crippen molar-refractivity contribution in [3.05, 3.63) is 70.1 Å². The van der Waals surface area contributed by atoms with Crippen molar-refractivity contribution in [3.8, 4) is 16.2 Å². The Kier molecular flexibility index (Phi) is 4.06. The number of rotatable bonds is 3. The molecule has 2 heterocycles. The Balaban J connectivity index is 1.65. The van der Waals surface area contributed by atoms with Gasteiger partial charge in [-0.15, -0.1) is 11.3 Å². The van der Waals surface area contributed by atoms with Gasteiger partial charge in [0.25, 0.3) is 5.91 Å². The molecule has 1 aliphatic rings. The summed E-state index contributed by atoms with van der Waals surface area (Å²) in [5.41, 5.74) is 5.41. The maximum absolute atomic E-state index is 12.7. The fourth-order valence-electron chi connectivity index (χ4n) is 3.13. The number of ether oxygens (including phenoxy) is 1. The molecule has 126 valence electrons. The van der Waals surface area contributed by atoms with E-state index in [1.807, 2.05) is 36.4 Å². The number of aryl methyl sites for hydroxylation is 2. The molecule has 1 N–H and O–H groups in total. The third-order valence-electron chi connectivity index (χ3n) is 4.47. The third-order valence-corrected chi connectivity index (χ3v) is 5.66. The fourth-order valence-corrected chi connectivity index (χ4v) is 4.31. The molecule has 0 saturated carbocycles. The molecule has 0 radical (unpaired) electrons. The van der Waals surface area contributed by atoms with E-state index < -0.39 is 0 Å². The molecular formula is C21H19NO2S. The summed E-state index contributed by atoms with van der Waals surface area (Å²) < 4.78 is 5.85. The van der Waals surface area contributed by atoms with Crippen LogP contribution >= 0.6 is 11.3 Å². The Hall–Kier alpha value is -2.59. The zero-order valence-electron chi connectivity index (χ0n) is 14.3. The molecule has 4 rings (SSSR count). The van der Waals surface area contributed by atoms with Crippen LogP contribution in [0.1, 0.15) is 33.3 Å². The number of hydrogen-bond acceptors (Lipinski definition) is 3. The molecule has 1 amide bonds. The summed E-state index contributed by atoms with van der Waals surface area (Å²) >= 11 is 1.54. The second-order valence-corrected chi connectivity index (χ2v) is 7.26. The summed E-state index contributed by atoms with van der Waals surface area (Å²) in [7, 11) is 0. The summed E-state index contributed by atoms with van der Waals surface area (Å²) in [5.74, 6) is 0.833. The predicted octanol–water partition coefficient (Wildman–Crippen LogP) is 5.43. The van der Waals surface area contributed by atoms with Crippen molar-refractivity contribution in [1.82, 2.24) is 0 Å². The van der Waals surface area contributed by atoms with Gasteiger partial charge in [0.15, 0.2) is 0 Å². The minimum Gasteiger partial charge on any atom is -0.488 e. The quantitative estimate of drug-likeness (QED) is 0.684. The van der Waals surface area contributed by atoms with Crippen LogP contribution in [0.25, 0.3) is 10.4 Å². The Morgan fingerprint density at radius 2 is 2.04 bits per heavy atom. The first-order valence-electron chi connectivity index (χ1n) is 8.41. The standard InChI is InChI=1S/C21H19NO2S/c1-3-14-7-5-8-16(10-14)22-21(23)18-11-15-12-24-17-9-4-6-13(2)19(17)20(15)25-18/h4-11H,3,12H2,1-2H3,(H,22,23). The number of fused-ring (bicyclic) bond motifs is 3. The van der Waals surface area contributed by atoms with Gasteiger partial charge in [-0.1, -0.05) is 31.2 Å². The Morgan fingerprint density at radius 3 is 2.88 bits per heavy atom. The van der Waals surface area contributed by atoms with Gasteiger partial charge in [-0.2, -0.15) is 0 Å². The van der Waals surface area contributed by atoms with Crippen LogP contribution in [0.4, 0.5) is 5.69 Å². The van der Waals surface area contributed by atoms with Crippen LogP contribution in [-0.4, -0.2) is 5.91 Å². The number of carbonyl (C=O) groups is 1. The molecule has 0 atom stereocenters. The molecule has 4 heteroatoms. The molecule has 3 aromatic rings. The average molecular weight is 349 g/mol. The highest BCUT2D eigenvalue weighted by molar-refractivity contribution is 7.17. The van der Waals surface area contributed by atoms with E-state index in [1.54, 1.807) is 0 Å². The highest BCUT2D eigenvalue weighted by atomic mass is 32.1. The Labute approximate surface area is 151 Å². The Morgan fingerprint density at radius 1 is 1.20 bits per heavy atom. The van der Waals surface area contributed by atoms with Gasteiger partial charge in [0.1, 0.15) is 12.4 Å². The minimum atomic E-state index is -0.0669. The summed E-state index contributed by atoms with van der Waals surface area (Å²) in [6.45, 7) is 4.70. The smallest absolute Gasteiger partial charge is 0.265 e. The highest BCUT2D eigenvalue weighted by Crippen LogP contribution is 2.44. The summed E-state index contributed by atoms with van der Waals surface area (Å²) in [6.07, 6.45) is 0.949. The fraction of sp³-hybridized carbons (Fsp3) is 0.190. The largest absolute Gasteiger partial charge is 0.488 e. The predicted molar refractivity (Wildman–Crippen MR) is 103 cm³/mol. The number of anilines is 1. The van der Waals surface area contributed by atoms with E-state index in [0.29, 0.717) is 11.5 Å². The SMILES string of the molecule is CCc1cccc(NC(=O)c2cc3c(s2)-c2c(C)cccc2OC3)c1. The van der Waals surface area contributed by atoms with Gasteiger partial charge in [0.2, 0.25) is 0 Å². The van der Waals surface area contributed by atoms with Gasteiger partial charge in [-0.05, 0) is 48.7 Å². The van der Waals surface area contributed by atoms with E-state index >= 15 is 0 Å². The van der Waals surface area contributed by atoms with Crippen LogP contribution in [0.5, 0.6) is 5.75 Å². The van der Waals surface area contributed by atoms with E-state index in [2.05, 4.69) is 31.3 Å². The lowest BCUT2D eigenvalue weighted by Crippen LogP contribution is -2.10. The monoisotopic (exact) mass is 349 g/mol. The molecular weight excluding hydrogens is 330 g/mol. The number of hydrogen-bond donors (Lipinski definition) is 1. The van der Waals surface area contributed by atoms with Crippen molar-refractivity contribution in [1.29, 1.82) is 0 Å². The van der Waals surface area contributed by atoms with Crippen LogP contribution in [0.2, 0.25) is 0 Å². The van der Waals surface area contributed by atoms with Crippen LogP contribution in [-0.2, 0) is 13.0 Å². The van der Waals surface area contributed by atoms with Gasteiger partial charge in [-0.3, -0.25) is 4.79 Å². The van der Waals surface area contributed by atoms with Gasteiger partial charge in [-0.25, -0.2) is 0 Å². The van der Waals surface area contributed by atoms with Crippen molar-refractivity contribution in [3.63, 3.8) is 0 Å². The second kappa shape index (κ2) is 6.37. The first-order valence-corrected chi connectivity index (χ1v) is 9.23. The van der Waals surface area contributed by atoms with Gasteiger partial charge in [0, 0.05) is 21.7 Å². The number of nitrogens with one attached hydrogen (secondary N) is 1. The highest BCUT2D eigenvalue weighted by Gasteiger charge is 2.24. The summed E-state index contributed by atoms with van der Waals surface area (Å²) in [4.78, 5) is 14.5. The van der Waals surface area contributed by atoms with Crippen LogP contribution < -0.4 is 10.1 Å². The zero-order chi connectivity index (χ0) is 17.4. The van der Waals surface area contributed by atoms with Gasteiger partial charge >= 0.3 is 0 Å². The molecule has 0 saturated heterocycles. The summed E-state index contributed by atoms with van der Waals surface area (Å²) in [5, 5.41) is 3.01. The zero-order valence-corrected chi connectivity index (χ0v) is 15.1. The van der Waals surface area contributed by atoms with Crippen molar-refractivity contribution in [2.45, 2.75) is 26.9 Å². The van der Waals surface area contributed by atoms with E-state index in [9.17, 15) is 4.79 Å². The van der Waals surface area contributed by atoms with Crippen molar-refractivity contribution < 1.29 is 9.53 Å². The molecule has 1 aromatic heterocycles. The maximum Gasteiger partial charge on any atom is 0.265 e. The number of thiophene rings is 1. The first-order chi connectivity index (χ1) is 12.2.